The van der Waals surface area contributed by atoms with E-state index < -0.39 is 0 Å². The fourth-order valence-electron chi connectivity index (χ4n) is 1.90. The Balaban J connectivity index is 2.85. The second-order valence-corrected chi connectivity index (χ2v) is 4.52. The van der Waals surface area contributed by atoms with Crippen LogP contribution in [0, 0.1) is 5.82 Å². The van der Waals surface area contributed by atoms with Gasteiger partial charge in [0.05, 0.1) is 5.69 Å². The van der Waals surface area contributed by atoms with Gasteiger partial charge < -0.3 is 4.90 Å². The van der Waals surface area contributed by atoms with Crippen LogP contribution in [-0.4, -0.2) is 19.4 Å². The second kappa shape index (κ2) is 7.85. The first-order valence-corrected chi connectivity index (χ1v) is 6.72. The number of hydrogen-bond donors (Lipinski definition) is 0. The van der Waals surface area contributed by atoms with E-state index >= 15 is 0 Å². The highest BCUT2D eigenvalue weighted by atomic mass is 19.1. The highest BCUT2D eigenvalue weighted by Gasteiger charge is 2.11. The Labute approximate surface area is 109 Å². The molecule has 0 aromatic heterocycles. The van der Waals surface area contributed by atoms with Gasteiger partial charge in [0, 0.05) is 18.7 Å². The van der Waals surface area contributed by atoms with Crippen molar-refractivity contribution in [1.29, 1.82) is 0 Å². The Hall–Kier alpha value is -1.38. The van der Waals surface area contributed by atoms with Crippen molar-refractivity contribution in [2.45, 2.75) is 39.5 Å². The maximum absolute atomic E-state index is 13.9. The number of carbonyl (C=O) groups is 1. The van der Waals surface area contributed by atoms with Gasteiger partial charge in [0.1, 0.15) is 12.1 Å². The van der Waals surface area contributed by atoms with Crippen LogP contribution in [0.4, 0.5) is 10.1 Å². The highest BCUT2D eigenvalue weighted by Crippen LogP contribution is 2.21. The van der Waals surface area contributed by atoms with Crippen molar-refractivity contribution in [2.24, 2.45) is 0 Å². The van der Waals surface area contributed by atoms with E-state index in [1.165, 1.54) is 6.07 Å². The number of aldehydes is 1. The molecule has 0 aliphatic rings. The van der Waals surface area contributed by atoms with E-state index in [0.717, 1.165) is 38.8 Å². The number of carbonyl (C=O) groups excluding carboxylic acids is 1. The first-order chi connectivity index (χ1) is 8.72. The number of anilines is 1. The molecule has 0 bridgehead atoms. The quantitative estimate of drug-likeness (QED) is 0.650. The predicted octanol–water partition coefficient (Wildman–Crippen LogP) is 4.04. The summed E-state index contributed by atoms with van der Waals surface area (Å²) >= 11 is 0. The maximum Gasteiger partial charge on any atom is 0.150 e. The van der Waals surface area contributed by atoms with Crippen molar-refractivity contribution in [1.82, 2.24) is 0 Å². The Bertz CT molecular complexity index is 371. The summed E-state index contributed by atoms with van der Waals surface area (Å²) in [7, 11) is 0. The monoisotopic (exact) mass is 251 g/mol. The van der Waals surface area contributed by atoms with Gasteiger partial charge >= 0.3 is 0 Å². The zero-order valence-corrected chi connectivity index (χ0v) is 11.3. The SMILES string of the molecule is CCCCN(CCCC)c1ccc(C=O)cc1F. The van der Waals surface area contributed by atoms with Crippen molar-refractivity contribution in [3.63, 3.8) is 0 Å². The van der Waals surface area contributed by atoms with Gasteiger partial charge in [-0.25, -0.2) is 4.39 Å². The molecule has 0 heterocycles. The molecule has 0 fully saturated rings. The molecule has 3 heteroatoms. The van der Waals surface area contributed by atoms with Crippen LogP contribution in [-0.2, 0) is 0 Å². The standard InChI is InChI=1S/C15H22FNO/c1-3-5-9-17(10-6-4-2)15-8-7-13(12-18)11-14(15)16/h7-8,11-12H,3-6,9-10H2,1-2H3. The van der Waals surface area contributed by atoms with E-state index in [1.807, 2.05) is 0 Å². The number of nitrogens with zero attached hydrogens (tertiary/aromatic N) is 1. The van der Waals surface area contributed by atoms with Crippen LogP contribution in [0.3, 0.4) is 0 Å². The summed E-state index contributed by atoms with van der Waals surface area (Å²) in [6, 6.07) is 4.70. The zero-order chi connectivity index (χ0) is 13.4. The number of unbranched alkanes of at least 4 members (excludes halogenated alkanes) is 2. The van der Waals surface area contributed by atoms with Crippen LogP contribution in [0.25, 0.3) is 0 Å². The maximum atomic E-state index is 13.9. The third-order valence-corrected chi connectivity index (χ3v) is 3.01. The topological polar surface area (TPSA) is 20.3 Å². The van der Waals surface area contributed by atoms with E-state index in [0.29, 0.717) is 17.5 Å². The lowest BCUT2D eigenvalue weighted by atomic mass is 10.1. The summed E-state index contributed by atoms with van der Waals surface area (Å²) < 4.78 is 13.9. The smallest absolute Gasteiger partial charge is 0.150 e. The lowest BCUT2D eigenvalue weighted by molar-refractivity contribution is 0.112. The minimum atomic E-state index is -0.299. The van der Waals surface area contributed by atoms with E-state index in [9.17, 15) is 9.18 Å². The van der Waals surface area contributed by atoms with E-state index in [4.69, 9.17) is 0 Å². The summed E-state index contributed by atoms with van der Waals surface area (Å²) in [6.45, 7) is 6.00. The zero-order valence-electron chi connectivity index (χ0n) is 11.3. The number of halogens is 1. The van der Waals surface area contributed by atoms with E-state index in [1.54, 1.807) is 12.1 Å². The average Bonchev–Trinajstić information content (AvgIpc) is 2.39. The lowest BCUT2D eigenvalue weighted by Gasteiger charge is -2.25. The van der Waals surface area contributed by atoms with Gasteiger partial charge in [-0.05, 0) is 31.0 Å². The largest absolute Gasteiger partial charge is 0.369 e. The fourth-order valence-corrected chi connectivity index (χ4v) is 1.90. The fraction of sp³-hybridized carbons (Fsp3) is 0.533. The van der Waals surface area contributed by atoms with Gasteiger partial charge in [-0.15, -0.1) is 0 Å². The van der Waals surface area contributed by atoms with E-state index in [-0.39, 0.29) is 5.82 Å². The Morgan fingerprint density at radius 1 is 1.17 bits per heavy atom. The molecular weight excluding hydrogens is 229 g/mol. The van der Waals surface area contributed by atoms with Crippen molar-refractivity contribution >= 4 is 12.0 Å². The van der Waals surface area contributed by atoms with Crippen LogP contribution in [0.1, 0.15) is 49.9 Å². The summed E-state index contributed by atoms with van der Waals surface area (Å²) in [5.74, 6) is -0.299. The molecule has 0 aliphatic carbocycles. The van der Waals surface area contributed by atoms with Gasteiger partial charge in [0.2, 0.25) is 0 Å². The number of hydrogen-bond acceptors (Lipinski definition) is 2. The molecule has 0 amide bonds. The van der Waals surface area contributed by atoms with Crippen LogP contribution in [0.2, 0.25) is 0 Å². The van der Waals surface area contributed by atoms with Crippen molar-refractivity contribution in [3.8, 4) is 0 Å². The van der Waals surface area contributed by atoms with Crippen molar-refractivity contribution < 1.29 is 9.18 Å². The molecule has 1 aromatic carbocycles. The van der Waals surface area contributed by atoms with Gasteiger partial charge in [0.25, 0.3) is 0 Å². The normalized spacial score (nSPS) is 10.4. The van der Waals surface area contributed by atoms with Crippen LogP contribution in [0.5, 0.6) is 0 Å². The first-order valence-electron chi connectivity index (χ1n) is 6.72. The molecule has 18 heavy (non-hydrogen) atoms. The van der Waals surface area contributed by atoms with Gasteiger partial charge in [-0.3, -0.25) is 4.79 Å². The number of rotatable bonds is 8. The predicted molar refractivity (Wildman–Crippen MR) is 73.8 cm³/mol. The van der Waals surface area contributed by atoms with Crippen molar-refractivity contribution in [2.75, 3.05) is 18.0 Å². The molecule has 0 atom stereocenters. The summed E-state index contributed by atoms with van der Waals surface area (Å²) in [6.07, 6.45) is 4.97. The Morgan fingerprint density at radius 3 is 2.22 bits per heavy atom. The lowest BCUT2D eigenvalue weighted by Crippen LogP contribution is -2.26. The molecule has 0 unspecified atom stereocenters. The van der Waals surface area contributed by atoms with Crippen LogP contribution in [0.15, 0.2) is 18.2 Å². The Kier molecular flexibility index (Phi) is 6.40. The average molecular weight is 251 g/mol. The minimum Gasteiger partial charge on any atom is -0.369 e. The van der Waals surface area contributed by atoms with E-state index in [2.05, 4.69) is 18.7 Å². The third kappa shape index (κ3) is 4.13. The molecule has 0 saturated heterocycles. The summed E-state index contributed by atoms with van der Waals surface area (Å²) in [5.41, 5.74) is 1.00. The molecular formula is C15H22FNO. The first kappa shape index (κ1) is 14.7. The van der Waals surface area contributed by atoms with Crippen LogP contribution < -0.4 is 4.90 Å². The molecule has 0 radical (unpaired) electrons. The summed E-state index contributed by atoms with van der Waals surface area (Å²) in [4.78, 5) is 12.7. The van der Waals surface area contributed by atoms with Crippen LogP contribution >= 0.6 is 0 Å². The molecule has 0 spiro atoms. The molecule has 0 saturated carbocycles. The molecule has 1 aromatic rings. The third-order valence-electron chi connectivity index (χ3n) is 3.01. The molecule has 2 nitrogen and oxygen atoms in total. The molecule has 0 aliphatic heterocycles. The summed E-state index contributed by atoms with van der Waals surface area (Å²) in [5, 5.41) is 0. The minimum absolute atomic E-state index is 0.299. The van der Waals surface area contributed by atoms with Gasteiger partial charge in [-0.1, -0.05) is 26.7 Å². The van der Waals surface area contributed by atoms with Gasteiger partial charge in [-0.2, -0.15) is 0 Å². The molecule has 1 rings (SSSR count). The number of benzene rings is 1. The van der Waals surface area contributed by atoms with Crippen molar-refractivity contribution in [3.05, 3.63) is 29.6 Å². The van der Waals surface area contributed by atoms with Gasteiger partial charge in [0.15, 0.2) is 0 Å². The highest BCUT2D eigenvalue weighted by molar-refractivity contribution is 5.76. The second-order valence-electron chi connectivity index (χ2n) is 4.52. The Morgan fingerprint density at radius 2 is 1.78 bits per heavy atom. The molecule has 100 valence electrons. The molecule has 0 N–H and O–H groups in total.